The number of likely N-dealkylation sites (tertiary alicyclic amines) is 1. The van der Waals surface area contributed by atoms with Crippen molar-refractivity contribution in [3.63, 3.8) is 0 Å². The van der Waals surface area contributed by atoms with E-state index in [0.29, 0.717) is 10.5 Å². The Balaban J connectivity index is 2.06. The fraction of sp³-hybridized carbons (Fsp3) is 0.636. The number of aromatic amines is 1. The van der Waals surface area contributed by atoms with Crippen LogP contribution in [0.1, 0.15) is 25.0 Å². The van der Waals surface area contributed by atoms with Crippen molar-refractivity contribution in [2.75, 3.05) is 13.1 Å². The quantitative estimate of drug-likeness (QED) is 0.794. The number of aliphatic hydroxyl groups excluding tert-OH is 1. The number of aromatic nitrogens is 2. The second-order valence-electron chi connectivity index (χ2n) is 4.27. The Morgan fingerprint density at radius 2 is 2.12 bits per heavy atom. The first-order valence-corrected chi connectivity index (χ1v) is 6.29. The van der Waals surface area contributed by atoms with Crippen LogP contribution in [0.15, 0.2) is 6.20 Å². The molecule has 5 nitrogen and oxygen atoms in total. The molecule has 94 valence electrons. The topological polar surface area (TPSA) is 61.3 Å². The first kappa shape index (κ1) is 12.3. The van der Waals surface area contributed by atoms with Gasteiger partial charge in [0.05, 0.1) is 12.3 Å². The van der Waals surface area contributed by atoms with Crippen LogP contribution in [-0.2, 0) is 17.9 Å². The van der Waals surface area contributed by atoms with E-state index in [4.69, 9.17) is 17.3 Å². The van der Waals surface area contributed by atoms with Gasteiger partial charge in [-0.05, 0) is 31.5 Å². The molecule has 1 aromatic rings. The van der Waals surface area contributed by atoms with E-state index in [1.807, 2.05) is 4.90 Å². The SMILES string of the molecule is O=C(Cn1c(CO)c[nH]c1=S)N1CCCCC1. The van der Waals surface area contributed by atoms with E-state index in [1.54, 1.807) is 10.8 Å². The van der Waals surface area contributed by atoms with Crippen LogP contribution >= 0.6 is 12.2 Å². The smallest absolute Gasteiger partial charge is 0.242 e. The second kappa shape index (κ2) is 5.46. The van der Waals surface area contributed by atoms with Crippen molar-refractivity contribution in [2.24, 2.45) is 0 Å². The number of hydrogen-bond acceptors (Lipinski definition) is 3. The zero-order valence-electron chi connectivity index (χ0n) is 9.69. The molecular formula is C11H17N3O2S. The third-order valence-corrected chi connectivity index (χ3v) is 3.46. The molecule has 2 rings (SSSR count). The molecule has 1 saturated heterocycles. The number of amides is 1. The number of nitrogens with zero attached hydrogens (tertiary/aromatic N) is 2. The average Bonchev–Trinajstić information content (AvgIpc) is 2.71. The summed E-state index contributed by atoms with van der Waals surface area (Å²) >= 11 is 5.08. The number of aliphatic hydroxyl groups is 1. The number of hydrogen-bond donors (Lipinski definition) is 2. The van der Waals surface area contributed by atoms with Crippen molar-refractivity contribution in [3.05, 3.63) is 16.7 Å². The first-order chi connectivity index (χ1) is 8.22. The minimum Gasteiger partial charge on any atom is -0.390 e. The molecular weight excluding hydrogens is 238 g/mol. The second-order valence-corrected chi connectivity index (χ2v) is 4.66. The normalized spacial score (nSPS) is 16.2. The Bertz CT molecular complexity index is 446. The molecule has 1 amide bonds. The Morgan fingerprint density at radius 3 is 2.76 bits per heavy atom. The van der Waals surface area contributed by atoms with E-state index >= 15 is 0 Å². The Labute approximate surface area is 105 Å². The summed E-state index contributed by atoms with van der Waals surface area (Å²) in [6.45, 7) is 1.79. The maximum Gasteiger partial charge on any atom is 0.242 e. The lowest BCUT2D eigenvalue weighted by Gasteiger charge is -2.27. The van der Waals surface area contributed by atoms with Crippen molar-refractivity contribution in [1.29, 1.82) is 0 Å². The molecule has 0 aromatic carbocycles. The van der Waals surface area contributed by atoms with Crippen LogP contribution in [0.2, 0.25) is 0 Å². The number of carbonyl (C=O) groups is 1. The van der Waals surface area contributed by atoms with E-state index in [2.05, 4.69) is 4.98 Å². The summed E-state index contributed by atoms with van der Waals surface area (Å²) in [4.78, 5) is 16.8. The molecule has 0 atom stereocenters. The van der Waals surface area contributed by atoms with Gasteiger partial charge in [-0.2, -0.15) is 0 Å². The van der Waals surface area contributed by atoms with Gasteiger partial charge in [0.25, 0.3) is 0 Å². The summed E-state index contributed by atoms with van der Waals surface area (Å²) in [6.07, 6.45) is 5.01. The monoisotopic (exact) mass is 255 g/mol. The first-order valence-electron chi connectivity index (χ1n) is 5.88. The van der Waals surface area contributed by atoms with Crippen LogP contribution in [0.3, 0.4) is 0 Å². The highest BCUT2D eigenvalue weighted by Crippen LogP contribution is 2.10. The van der Waals surface area contributed by atoms with Crippen LogP contribution in [0.4, 0.5) is 0 Å². The summed E-state index contributed by atoms with van der Waals surface area (Å²) in [5.41, 5.74) is 0.653. The molecule has 0 saturated carbocycles. The Morgan fingerprint density at radius 1 is 1.41 bits per heavy atom. The molecule has 0 radical (unpaired) electrons. The molecule has 17 heavy (non-hydrogen) atoms. The van der Waals surface area contributed by atoms with E-state index in [9.17, 15) is 4.79 Å². The largest absolute Gasteiger partial charge is 0.390 e. The summed E-state index contributed by atoms with van der Waals surface area (Å²) in [7, 11) is 0. The third-order valence-electron chi connectivity index (χ3n) is 3.12. The van der Waals surface area contributed by atoms with Crippen LogP contribution in [-0.4, -0.2) is 38.6 Å². The lowest BCUT2D eigenvalue weighted by atomic mass is 10.1. The highest BCUT2D eigenvalue weighted by molar-refractivity contribution is 7.71. The number of carbonyl (C=O) groups excluding carboxylic acids is 1. The minimum absolute atomic E-state index is 0.0788. The lowest BCUT2D eigenvalue weighted by molar-refractivity contribution is -0.132. The van der Waals surface area contributed by atoms with Gasteiger partial charge >= 0.3 is 0 Å². The number of rotatable bonds is 3. The van der Waals surface area contributed by atoms with Crippen molar-refractivity contribution in [3.8, 4) is 0 Å². The molecule has 2 heterocycles. The Kier molecular flexibility index (Phi) is 3.96. The molecule has 1 aromatic heterocycles. The van der Waals surface area contributed by atoms with E-state index in [-0.39, 0.29) is 19.1 Å². The van der Waals surface area contributed by atoms with Gasteiger partial charge in [-0.3, -0.25) is 4.79 Å². The zero-order chi connectivity index (χ0) is 12.3. The van der Waals surface area contributed by atoms with Crippen LogP contribution in [0.5, 0.6) is 0 Å². The third kappa shape index (κ3) is 2.76. The number of H-pyrrole nitrogens is 1. The summed E-state index contributed by atoms with van der Waals surface area (Å²) < 4.78 is 2.14. The molecule has 1 fully saturated rings. The van der Waals surface area contributed by atoms with Crippen molar-refractivity contribution in [1.82, 2.24) is 14.5 Å². The van der Waals surface area contributed by atoms with E-state index in [1.165, 1.54) is 6.42 Å². The van der Waals surface area contributed by atoms with Gasteiger partial charge in [-0.25, -0.2) is 0 Å². The molecule has 2 N–H and O–H groups in total. The van der Waals surface area contributed by atoms with Crippen molar-refractivity contribution < 1.29 is 9.90 Å². The highest BCUT2D eigenvalue weighted by atomic mass is 32.1. The number of nitrogens with one attached hydrogen (secondary N) is 1. The predicted molar refractivity (Wildman–Crippen MR) is 66.0 cm³/mol. The van der Waals surface area contributed by atoms with Gasteiger partial charge in [-0.15, -0.1) is 0 Å². The molecule has 6 heteroatoms. The molecule has 0 bridgehead atoms. The van der Waals surface area contributed by atoms with Gasteiger partial charge in [0.15, 0.2) is 4.77 Å². The van der Waals surface area contributed by atoms with Gasteiger partial charge in [0.2, 0.25) is 5.91 Å². The van der Waals surface area contributed by atoms with Gasteiger partial charge in [0, 0.05) is 19.3 Å². The fourth-order valence-corrected chi connectivity index (χ4v) is 2.35. The van der Waals surface area contributed by atoms with Crippen molar-refractivity contribution in [2.45, 2.75) is 32.4 Å². The molecule has 0 aliphatic carbocycles. The van der Waals surface area contributed by atoms with Gasteiger partial charge in [0.1, 0.15) is 6.54 Å². The van der Waals surface area contributed by atoms with Crippen molar-refractivity contribution >= 4 is 18.1 Å². The zero-order valence-corrected chi connectivity index (χ0v) is 10.5. The standard InChI is InChI=1S/C11H17N3O2S/c15-8-9-6-12-11(17)14(9)7-10(16)13-4-2-1-3-5-13/h6,15H,1-5,7-8H2,(H,12,17). The predicted octanol–water partition coefficient (Wildman–Crippen LogP) is 1.05. The summed E-state index contributed by atoms with van der Waals surface area (Å²) in [5, 5.41) is 9.14. The molecule has 1 aliphatic heterocycles. The van der Waals surface area contributed by atoms with Gasteiger partial charge < -0.3 is 19.6 Å². The highest BCUT2D eigenvalue weighted by Gasteiger charge is 2.17. The number of imidazole rings is 1. The van der Waals surface area contributed by atoms with Crippen LogP contribution in [0.25, 0.3) is 0 Å². The summed E-state index contributed by atoms with van der Waals surface area (Å²) in [5.74, 6) is 0.0788. The molecule has 0 spiro atoms. The lowest BCUT2D eigenvalue weighted by Crippen LogP contribution is -2.38. The maximum atomic E-state index is 12.0. The van der Waals surface area contributed by atoms with Crippen LogP contribution < -0.4 is 0 Å². The maximum absolute atomic E-state index is 12.0. The Hall–Kier alpha value is -1.14. The number of piperidine rings is 1. The van der Waals surface area contributed by atoms with Crippen LogP contribution in [0, 0.1) is 4.77 Å². The van der Waals surface area contributed by atoms with E-state index < -0.39 is 0 Å². The van der Waals surface area contributed by atoms with Gasteiger partial charge in [-0.1, -0.05) is 0 Å². The summed E-state index contributed by atoms with van der Waals surface area (Å²) in [6, 6.07) is 0. The molecule has 0 unspecified atom stereocenters. The average molecular weight is 255 g/mol. The minimum atomic E-state index is -0.111. The van der Waals surface area contributed by atoms with E-state index in [0.717, 1.165) is 25.9 Å². The fourth-order valence-electron chi connectivity index (χ4n) is 2.11. The molecule has 1 aliphatic rings.